The van der Waals surface area contributed by atoms with Crippen molar-refractivity contribution in [3.8, 4) is 0 Å². The molecule has 130 valence electrons. The standard InChI is InChI=1S/C19H22N4O2/c24-17-6-3-4-13-7-8-14(12-15(13)17)22-19(25)23-11-2-1-5-16(23)18-20-9-10-21-18/h7-10,12,16H,1-6,11H2,(H,20,21)(H,22,25). The van der Waals surface area contributed by atoms with E-state index in [1.807, 2.05) is 23.1 Å². The molecule has 2 amide bonds. The number of anilines is 1. The van der Waals surface area contributed by atoms with E-state index in [2.05, 4.69) is 15.3 Å². The van der Waals surface area contributed by atoms with Gasteiger partial charge in [-0.3, -0.25) is 4.79 Å². The second kappa shape index (κ2) is 6.70. The van der Waals surface area contributed by atoms with Gasteiger partial charge in [-0.2, -0.15) is 0 Å². The number of fused-ring (bicyclic) bond motifs is 1. The number of nitrogens with one attached hydrogen (secondary N) is 2. The SMILES string of the molecule is O=C1CCCc2ccc(NC(=O)N3CCCCC3c3ncc[nH]3)cc21. The molecule has 1 aromatic carbocycles. The molecule has 4 rings (SSSR count). The van der Waals surface area contributed by atoms with E-state index in [4.69, 9.17) is 0 Å². The van der Waals surface area contributed by atoms with Crippen LogP contribution in [0.1, 0.15) is 59.9 Å². The fourth-order valence-corrected chi connectivity index (χ4v) is 3.82. The molecule has 1 aliphatic heterocycles. The van der Waals surface area contributed by atoms with Gasteiger partial charge in [-0.15, -0.1) is 0 Å². The quantitative estimate of drug-likeness (QED) is 0.876. The maximum Gasteiger partial charge on any atom is 0.322 e. The number of Topliss-reactive ketones (excluding diaryl/α,β-unsaturated/α-hetero) is 1. The van der Waals surface area contributed by atoms with Crippen LogP contribution in [0.2, 0.25) is 0 Å². The number of amides is 2. The number of rotatable bonds is 2. The normalized spacial score (nSPS) is 20.2. The predicted octanol–water partition coefficient (Wildman–Crippen LogP) is 3.69. The zero-order chi connectivity index (χ0) is 17.2. The van der Waals surface area contributed by atoms with Crippen molar-refractivity contribution in [3.05, 3.63) is 47.5 Å². The molecule has 2 aromatic rings. The Morgan fingerprint density at radius 1 is 1.24 bits per heavy atom. The zero-order valence-corrected chi connectivity index (χ0v) is 14.1. The number of carbonyl (C=O) groups is 2. The van der Waals surface area contributed by atoms with Gasteiger partial charge in [-0.05, 0) is 49.8 Å². The van der Waals surface area contributed by atoms with E-state index >= 15 is 0 Å². The first-order valence-corrected chi connectivity index (χ1v) is 8.95. The third kappa shape index (κ3) is 3.16. The van der Waals surface area contributed by atoms with Gasteiger partial charge in [0.15, 0.2) is 5.78 Å². The first-order valence-electron chi connectivity index (χ1n) is 8.95. The number of likely N-dealkylation sites (tertiary alicyclic amines) is 1. The highest BCUT2D eigenvalue weighted by Gasteiger charge is 2.30. The summed E-state index contributed by atoms with van der Waals surface area (Å²) in [6.45, 7) is 0.709. The van der Waals surface area contributed by atoms with Crippen LogP contribution >= 0.6 is 0 Å². The van der Waals surface area contributed by atoms with Gasteiger partial charge in [0.05, 0.1) is 6.04 Å². The Kier molecular flexibility index (Phi) is 4.26. The van der Waals surface area contributed by atoms with Gasteiger partial charge in [-0.25, -0.2) is 9.78 Å². The Balaban J connectivity index is 1.53. The Morgan fingerprint density at radius 3 is 3.00 bits per heavy atom. The van der Waals surface area contributed by atoms with Crippen LogP contribution in [0, 0.1) is 0 Å². The number of aromatic nitrogens is 2. The number of aromatic amines is 1. The summed E-state index contributed by atoms with van der Waals surface area (Å²) in [5, 5.41) is 2.97. The monoisotopic (exact) mass is 338 g/mol. The van der Waals surface area contributed by atoms with Crippen molar-refractivity contribution < 1.29 is 9.59 Å². The summed E-state index contributed by atoms with van der Waals surface area (Å²) >= 11 is 0. The minimum absolute atomic E-state index is 0.0250. The van der Waals surface area contributed by atoms with Crippen molar-refractivity contribution in [1.82, 2.24) is 14.9 Å². The molecule has 6 heteroatoms. The van der Waals surface area contributed by atoms with Gasteiger partial charge in [0.1, 0.15) is 5.82 Å². The second-order valence-electron chi connectivity index (χ2n) is 6.76. The number of carbonyl (C=O) groups excluding carboxylic acids is 2. The number of ketones is 1. The molecule has 1 atom stereocenters. The summed E-state index contributed by atoms with van der Waals surface area (Å²) in [6, 6.07) is 5.51. The molecule has 2 aliphatic rings. The van der Waals surface area contributed by atoms with Crippen molar-refractivity contribution in [2.45, 2.75) is 44.6 Å². The minimum Gasteiger partial charge on any atom is -0.347 e. The van der Waals surface area contributed by atoms with E-state index in [0.717, 1.165) is 49.1 Å². The number of benzene rings is 1. The first-order chi connectivity index (χ1) is 12.2. The molecule has 0 spiro atoms. The lowest BCUT2D eigenvalue weighted by Crippen LogP contribution is -2.41. The van der Waals surface area contributed by atoms with Crippen LogP contribution in [0.4, 0.5) is 10.5 Å². The topological polar surface area (TPSA) is 78.1 Å². The average molecular weight is 338 g/mol. The maximum atomic E-state index is 12.8. The van der Waals surface area contributed by atoms with Crippen molar-refractivity contribution in [2.24, 2.45) is 0 Å². The number of hydrogen-bond donors (Lipinski definition) is 2. The number of urea groups is 1. The van der Waals surface area contributed by atoms with Gasteiger partial charge in [0, 0.05) is 36.6 Å². The van der Waals surface area contributed by atoms with Gasteiger partial charge >= 0.3 is 6.03 Å². The van der Waals surface area contributed by atoms with Crippen molar-refractivity contribution in [3.63, 3.8) is 0 Å². The smallest absolute Gasteiger partial charge is 0.322 e. The highest BCUT2D eigenvalue weighted by atomic mass is 16.2. The molecule has 6 nitrogen and oxygen atoms in total. The molecule has 1 saturated heterocycles. The molecular formula is C19H22N4O2. The van der Waals surface area contributed by atoms with Gasteiger partial charge in [-0.1, -0.05) is 6.07 Å². The van der Waals surface area contributed by atoms with Crippen LogP contribution in [-0.4, -0.2) is 33.2 Å². The molecular weight excluding hydrogens is 316 g/mol. The van der Waals surface area contributed by atoms with Gasteiger partial charge in [0.25, 0.3) is 0 Å². The summed E-state index contributed by atoms with van der Waals surface area (Å²) in [7, 11) is 0. The number of nitrogens with zero attached hydrogens (tertiary/aromatic N) is 2. The van der Waals surface area contributed by atoms with Crippen molar-refractivity contribution >= 4 is 17.5 Å². The van der Waals surface area contributed by atoms with Crippen LogP contribution in [0.5, 0.6) is 0 Å². The predicted molar refractivity (Wildman–Crippen MR) is 94.6 cm³/mol. The molecule has 0 saturated carbocycles. The van der Waals surface area contributed by atoms with Crippen molar-refractivity contribution in [2.75, 3.05) is 11.9 Å². The van der Waals surface area contributed by atoms with Crippen LogP contribution in [0.25, 0.3) is 0 Å². The fourth-order valence-electron chi connectivity index (χ4n) is 3.82. The summed E-state index contributed by atoms with van der Waals surface area (Å²) in [5.74, 6) is 0.999. The highest BCUT2D eigenvalue weighted by Crippen LogP contribution is 2.30. The number of piperidine rings is 1. The number of hydrogen-bond acceptors (Lipinski definition) is 3. The Hall–Kier alpha value is -2.63. The van der Waals surface area contributed by atoms with Crippen LogP contribution in [0.3, 0.4) is 0 Å². The minimum atomic E-state index is -0.135. The van der Waals surface area contributed by atoms with E-state index in [1.54, 1.807) is 12.4 Å². The molecule has 1 aliphatic carbocycles. The van der Waals surface area contributed by atoms with Crippen LogP contribution in [0.15, 0.2) is 30.6 Å². The van der Waals surface area contributed by atoms with E-state index < -0.39 is 0 Å². The third-order valence-corrected chi connectivity index (χ3v) is 5.11. The van der Waals surface area contributed by atoms with Crippen LogP contribution in [-0.2, 0) is 6.42 Å². The molecule has 1 aromatic heterocycles. The van der Waals surface area contributed by atoms with E-state index in [9.17, 15) is 9.59 Å². The molecule has 25 heavy (non-hydrogen) atoms. The third-order valence-electron chi connectivity index (χ3n) is 5.11. The summed E-state index contributed by atoms with van der Waals surface area (Å²) in [5.41, 5.74) is 2.52. The number of aryl methyl sites for hydroxylation is 1. The van der Waals surface area contributed by atoms with E-state index in [-0.39, 0.29) is 17.9 Å². The lowest BCUT2D eigenvalue weighted by Gasteiger charge is -2.34. The molecule has 1 unspecified atom stereocenters. The average Bonchev–Trinajstić information content (AvgIpc) is 3.17. The zero-order valence-electron chi connectivity index (χ0n) is 14.1. The summed E-state index contributed by atoms with van der Waals surface area (Å²) < 4.78 is 0. The summed E-state index contributed by atoms with van der Waals surface area (Å²) in [6.07, 6.45) is 8.93. The Labute approximate surface area is 146 Å². The molecule has 1 fully saturated rings. The Morgan fingerprint density at radius 2 is 2.16 bits per heavy atom. The Bertz CT molecular complexity index is 785. The van der Waals surface area contributed by atoms with E-state index in [1.165, 1.54) is 0 Å². The highest BCUT2D eigenvalue weighted by molar-refractivity contribution is 6.00. The van der Waals surface area contributed by atoms with Gasteiger partial charge in [0.2, 0.25) is 0 Å². The second-order valence-corrected chi connectivity index (χ2v) is 6.76. The largest absolute Gasteiger partial charge is 0.347 e. The summed E-state index contributed by atoms with van der Waals surface area (Å²) in [4.78, 5) is 34.2. The lowest BCUT2D eigenvalue weighted by molar-refractivity contribution is 0.0972. The molecule has 0 bridgehead atoms. The first kappa shape index (κ1) is 15.9. The maximum absolute atomic E-state index is 12.8. The molecule has 0 radical (unpaired) electrons. The van der Waals surface area contributed by atoms with Crippen LogP contribution < -0.4 is 5.32 Å². The number of H-pyrrole nitrogens is 1. The molecule has 2 N–H and O–H groups in total. The van der Waals surface area contributed by atoms with Gasteiger partial charge < -0.3 is 15.2 Å². The number of imidazole rings is 1. The van der Waals surface area contributed by atoms with Crippen molar-refractivity contribution in [1.29, 1.82) is 0 Å². The lowest BCUT2D eigenvalue weighted by atomic mass is 9.90. The van der Waals surface area contributed by atoms with E-state index in [0.29, 0.717) is 18.7 Å². The molecule has 2 heterocycles. The fraction of sp³-hybridized carbons (Fsp3) is 0.421.